The molecule has 10 rings (SSSR count). The first-order chi connectivity index (χ1) is 26.8. The van der Waals surface area contributed by atoms with Crippen molar-refractivity contribution in [2.75, 3.05) is 4.90 Å². The van der Waals surface area contributed by atoms with Crippen LogP contribution in [0.2, 0.25) is 0 Å². The summed E-state index contributed by atoms with van der Waals surface area (Å²) in [4.78, 5) is 2.40. The monoisotopic (exact) mass is 687 g/mol. The quantitative estimate of drug-likeness (QED) is 0.161. The predicted molar refractivity (Wildman–Crippen MR) is 227 cm³/mol. The van der Waals surface area contributed by atoms with Crippen molar-refractivity contribution in [3.63, 3.8) is 0 Å². The number of hydrogen-bond acceptors (Lipinski definition) is 1. The molecular weight excluding hydrogens is 651 g/mol. The number of anilines is 3. The molecule has 0 heterocycles. The summed E-state index contributed by atoms with van der Waals surface area (Å²) in [5.41, 5.74) is 15.4. The molecule has 0 saturated carbocycles. The van der Waals surface area contributed by atoms with Crippen molar-refractivity contribution in [3.05, 3.63) is 247 Å². The van der Waals surface area contributed by atoms with Gasteiger partial charge in [0.15, 0.2) is 0 Å². The predicted octanol–water partition coefficient (Wildman–Crippen LogP) is 14.0. The van der Waals surface area contributed by atoms with Gasteiger partial charge in [0.2, 0.25) is 0 Å². The van der Waals surface area contributed by atoms with Gasteiger partial charge in [0.1, 0.15) is 0 Å². The van der Waals surface area contributed by atoms with Crippen LogP contribution in [0, 0.1) is 0 Å². The van der Waals surface area contributed by atoms with E-state index >= 15 is 0 Å². The molecule has 1 nitrogen and oxygen atoms in total. The molecule has 1 aliphatic carbocycles. The third kappa shape index (κ3) is 5.17. The molecule has 9 aromatic rings. The van der Waals surface area contributed by atoms with Gasteiger partial charge in [0.05, 0.1) is 5.41 Å². The first-order valence-corrected chi connectivity index (χ1v) is 18.7. The lowest BCUT2D eigenvalue weighted by atomic mass is 9.67. The molecule has 254 valence electrons. The van der Waals surface area contributed by atoms with E-state index in [1.54, 1.807) is 0 Å². The summed E-state index contributed by atoms with van der Waals surface area (Å²) in [5, 5.41) is 2.52. The van der Waals surface area contributed by atoms with Crippen LogP contribution in [-0.4, -0.2) is 0 Å². The van der Waals surface area contributed by atoms with E-state index in [4.69, 9.17) is 0 Å². The Bertz CT molecular complexity index is 2720. The highest BCUT2D eigenvalue weighted by molar-refractivity contribution is 5.97. The first kappa shape index (κ1) is 31.7. The molecule has 0 aliphatic heterocycles. The van der Waals surface area contributed by atoms with Gasteiger partial charge in [-0.25, -0.2) is 0 Å². The lowest BCUT2D eigenvalue weighted by molar-refractivity contribution is 0.768. The Morgan fingerprint density at radius 3 is 1.59 bits per heavy atom. The molecule has 0 aromatic heterocycles. The molecule has 9 aromatic carbocycles. The van der Waals surface area contributed by atoms with Crippen molar-refractivity contribution in [1.29, 1.82) is 0 Å². The Morgan fingerprint density at radius 1 is 0.296 bits per heavy atom. The SMILES string of the molecule is c1ccc(N(c2cccc(-c3cccc(-c4cccc5ccccc45)c3)c2)c2ccc3c(c2)C(c2ccccc2)(c2ccccc2)c2ccccc2-3)cc1. The number of rotatable bonds is 7. The summed E-state index contributed by atoms with van der Waals surface area (Å²) < 4.78 is 0. The zero-order valence-corrected chi connectivity index (χ0v) is 29.8. The lowest BCUT2D eigenvalue weighted by Crippen LogP contribution is -2.28. The maximum absolute atomic E-state index is 2.44. The van der Waals surface area contributed by atoms with E-state index in [2.05, 4.69) is 229 Å². The Hall–Kier alpha value is -6.96. The normalized spacial score (nSPS) is 12.6. The van der Waals surface area contributed by atoms with Gasteiger partial charge in [0, 0.05) is 17.1 Å². The van der Waals surface area contributed by atoms with E-state index < -0.39 is 5.41 Å². The van der Waals surface area contributed by atoms with Gasteiger partial charge in [-0.3, -0.25) is 0 Å². The Labute approximate surface area is 317 Å². The molecule has 0 unspecified atom stereocenters. The summed E-state index contributed by atoms with van der Waals surface area (Å²) in [7, 11) is 0. The molecule has 0 bridgehead atoms. The van der Waals surface area contributed by atoms with Crippen LogP contribution < -0.4 is 4.90 Å². The van der Waals surface area contributed by atoms with Crippen molar-refractivity contribution in [3.8, 4) is 33.4 Å². The molecule has 0 N–H and O–H groups in total. The Kier molecular flexibility index (Phi) is 7.78. The molecule has 0 atom stereocenters. The van der Waals surface area contributed by atoms with Gasteiger partial charge >= 0.3 is 0 Å². The molecule has 0 radical (unpaired) electrons. The van der Waals surface area contributed by atoms with Crippen molar-refractivity contribution in [2.45, 2.75) is 5.41 Å². The van der Waals surface area contributed by atoms with Gasteiger partial charge in [-0.1, -0.05) is 182 Å². The van der Waals surface area contributed by atoms with E-state index in [1.807, 2.05) is 0 Å². The number of hydrogen-bond donors (Lipinski definition) is 0. The van der Waals surface area contributed by atoms with Crippen LogP contribution in [0.25, 0.3) is 44.2 Å². The van der Waals surface area contributed by atoms with Crippen LogP contribution in [0.1, 0.15) is 22.3 Å². The Balaban J connectivity index is 1.15. The van der Waals surface area contributed by atoms with Crippen LogP contribution in [0.3, 0.4) is 0 Å². The third-order valence-electron chi connectivity index (χ3n) is 11.1. The minimum atomic E-state index is -0.475. The Morgan fingerprint density at radius 2 is 0.815 bits per heavy atom. The number of fused-ring (bicyclic) bond motifs is 4. The summed E-state index contributed by atoms with van der Waals surface area (Å²) in [6, 6.07) is 82.0. The second-order valence-corrected chi connectivity index (χ2v) is 14.1. The zero-order valence-electron chi connectivity index (χ0n) is 29.8. The number of nitrogens with zero attached hydrogens (tertiary/aromatic N) is 1. The molecule has 0 saturated heterocycles. The highest BCUT2D eigenvalue weighted by atomic mass is 15.1. The van der Waals surface area contributed by atoms with Crippen molar-refractivity contribution < 1.29 is 0 Å². The van der Waals surface area contributed by atoms with Crippen molar-refractivity contribution in [1.82, 2.24) is 0 Å². The fraction of sp³-hybridized carbons (Fsp3) is 0.0189. The molecule has 0 amide bonds. The summed E-state index contributed by atoms with van der Waals surface area (Å²) in [6.07, 6.45) is 0. The number of para-hydroxylation sites is 1. The van der Waals surface area contributed by atoms with E-state index in [1.165, 1.54) is 66.4 Å². The average molecular weight is 688 g/mol. The smallest absolute Gasteiger partial charge is 0.0714 e. The van der Waals surface area contributed by atoms with Gasteiger partial charge < -0.3 is 4.90 Å². The molecule has 1 heteroatoms. The second kappa shape index (κ2) is 13.2. The molecule has 1 aliphatic rings. The minimum absolute atomic E-state index is 0.475. The van der Waals surface area contributed by atoms with E-state index in [-0.39, 0.29) is 0 Å². The van der Waals surface area contributed by atoms with Gasteiger partial charge in [-0.2, -0.15) is 0 Å². The van der Waals surface area contributed by atoms with Crippen LogP contribution >= 0.6 is 0 Å². The van der Waals surface area contributed by atoms with E-state index in [9.17, 15) is 0 Å². The fourth-order valence-electron chi connectivity index (χ4n) is 8.76. The zero-order chi connectivity index (χ0) is 35.9. The van der Waals surface area contributed by atoms with E-state index in [0.717, 1.165) is 17.1 Å². The largest absolute Gasteiger partial charge is 0.310 e. The maximum atomic E-state index is 2.44. The highest BCUT2D eigenvalue weighted by Gasteiger charge is 2.46. The van der Waals surface area contributed by atoms with Crippen molar-refractivity contribution in [2.24, 2.45) is 0 Å². The standard InChI is InChI=1S/C53H37N/c1-4-22-42(23-5-1)53(43-24-6-2-7-25-43)51-32-13-12-30-49(51)50-34-33-46(37-52(50)53)54(44-26-8-3-9-27-44)45-28-15-20-40(36-45)39-19-14-21-41(35-39)48-31-16-18-38-17-10-11-29-47(38)48/h1-37H. The van der Waals surface area contributed by atoms with Crippen LogP contribution in [-0.2, 0) is 5.41 Å². The summed E-state index contributed by atoms with van der Waals surface area (Å²) >= 11 is 0. The first-order valence-electron chi connectivity index (χ1n) is 18.7. The van der Waals surface area contributed by atoms with Crippen LogP contribution in [0.4, 0.5) is 17.1 Å². The molecular formula is C53H37N. The minimum Gasteiger partial charge on any atom is -0.310 e. The average Bonchev–Trinajstić information content (AvgIpc) is 3.55. The highest BCUT2D eigenvalue weighted by Crippen LogP contribution is 2.57. The fourth-order valence-corrected chi connectivity index (χ4v) is 8.76. The molecule has 54 heavy (non-hydrogen) atoms. The number of benzene rings is 9. The summed E-state index contributed by atoms with van der Waals surface area (Å²) in [6.45, 7) is 0. The maximum Gasteiger partial charge on any atom is 0.0714 e. The van der Waals surface area contributed by atoms with Crippen molar-refractivity contribution >= 4 is 27.8 Å². The molecule has 0 spiro atoms. The van der Waals surface area contributed by atoms with Gasteiger partial charge in [-0.15, -0.1) is 0 Å². The van der Waals surface area contributed by atoms with Crippen LogP contribution in [0.15, 0.2) is 224 Å². The summed E-state index contributed by atoms with van der Waals surface area (Å²) in [5.74, 6) is 0. The van der Waals surface area contributed by atoms with Gasteiger partial charge in [-0.05, 0) is 109 Å². The third-order valence-corrected chi connectivity index (χ3v) is 11.1. The van der Waals surface area contributed by atoms with E-state index in [0.29, 0.717) is 0 Å². The van der Waals surface area contributed by atoms with Gasteiger partial charge in [0.25, 0.3) is 0 Å². The molecule has 0 fully saturated rings. The second-order valence-electron chi connectivity index (χ2n) is 14.1. The lowest BCUT2D eigenvalue weighted by Gasteiger charge is -2.35. The topological polar surface area (TPSA) is 3.24 Å². The van der Waals surface area contributed by atoms with Crippen LogP contribution in [0.5, 0.6) is 0 Å².